The highest BCUT2D eigenvalue weighted by atomic mass is 32.2. The minimum atomic E-state index is -3.20. The third-order valence-corrected chi connectivity index (χ3v) is 4.83. The molecular weight excluding hydrogens is 248 g/mol. The Morgan fingerprint density at radius 2 is 2.00 bits per heavy atom. The van der Waals surface area contributed by atoms with E-state index in [-0.39, 0.29) is 5.75 Å². The molecule has 0 aliphatic heterocycles. The van der Waals surface area contributed by atoms with E-state index in [1.807, 2.05) is 39.1 Å². The Hall–Kier alpha value is -1.23. The van der Waals surface area contributed by atoms with Gasteiger partial charge in [0, 0.05) is 19.8 Å². The van der Waals surface area contributed by atoms with E-state index in [9.17, 15) is 8.42 Å². The van der Waals surface area contributed by atoms with Crippen molar-refractivity contribution in [1.29, 1.82) is 0 Å². The average Bonchev–Trinajstić information content (AvgIpc) is 2.35. The average molecular weight is 270 g/mol. The molecule has 0 unspecified atom stereocenters. The Balaban J connectivity index is 3.00. The lowest BCUT2D eigenvalue weighted by atomic mass is 10.2. The lowest BCUT2D eigenvalue weighted by Gasteiger charge is -2.21. The Morgan fingerprint density at radius 1 is 1.33 bits per heavy atom. The summed E-state index contributed by atoms with van der Waals surface area (Å²) < 4.78 is 25.6. The fraction of sp³-hybridized carbons (Fsp3) is 0.538. The highest BCUT2D eigenvalue weighted by Crippen LogP contribution is 2.24. The van der Waals surface area contributed by atoms with E-state index < -0.39 is 10.0 Å². The summed E-state index contributed by atoms with van der Waals surface area (Å²) in [5, 5.41) is 3.04. The van der Waals surface area contributed by atoms with Crippen LogP contribution in [0.15, 0.2) is 18.2 Å². The second-order valence-electron chi connectivity index (χ2n) is 4.39. The van der Waals surface area contributed by atoms with E-state index in [0.717, 1.165) is 23.4 Å². The predicted molar refractivity (Wildman–Crippen MR) is 77.8 cm³/mol. The molecule has 5 heteroatoms. The van der Waals surface area contributed by atoms with Gasteiger partial charge < -0.3 is 5.32 Å². The number of aryl methyl sites for hydroxylation is 1. The molecule has 0 radical (unpaired) electrons. The fourth-order valence-corrected chi connectivity index (χ4v) is 3.21. The summed E-state index contributed by atoms with van der Waals surface area (Å²) in [6.45, 7) is 3.91. The van der Waals surface area contributed by atoms with E-state index in [4.69, 9.17) is 0 Å². The molecule has 1 N–H and O–H groups in total. The Morgan fingerprint density at radius 3 is 2.50 bits per heavy atom. The molecule has 0 fully saturated rings. The largest absolute Gasteiger partial charge is 0.388 e. The zero-order valence-corrected chi connectivity index (χ0v) is 12.3. The Kier molecular flexibility index (Phi) is 5.02. The lowest BCUT2D eigenvalue weighted by molar-refractivity contribution is 0.591. The molecule has 0 saturated heterocycles. The van der Waals surface area contributed by atoms with Crippen molar-refractivity contribution < 1.29 is 8.42 Å². The minimum absolute atomic E-state index is 0.202. The maximum Gasteiger partial charge on any atom is 0.234 e. The zero-order chi connectivity index (χ0) is 13.8. The third kappa shape index (κ3) is 3.38. The van der Waals surface area contributed by atoms with Gasteiger partial charge in [0.25, 0.3) is 0 Å². The standard InChI is InChI=1S/C13H22N2O2S/c1-5-6-9-18(16,17)15(4)13-8-7-12(14-3)10-11(13)2/h7-8,10,14H,5-6,9H2,1-4H3. The third-order valence-electron chi connectivity index (χ3n) is 3.00. The normalized spacial score (nSPS) is 11.3. The van der Waals surface area contributed by atoms with E-state index in [0.29, 0.717) is 6.42 Å². The van der Waals surface area contributed by atoms with Crippen LogP contribution in [0.5, 0.6) is 0 Å². The lowest BCUT2D eigenvalue weighted by Crippen LogP contribution is -2.29. The summed E-state index contributed by atoms with van der Waals surface area (Å²) in [5.41, 5.74) is 2.67. The van der Waals surface area contributed by atoms with Gasteiger partial charge in [-0.2, -0.15) is 0 Å². The number of nitrogens with one attached hydrogen (secondary N) is 1. The van der Waals surface area contributed by atoms with Crippen LogP contribution in [-0.4, -0.2) is 28.3 Å². The molecule has 0 aliphatic carbocycles. The summed E-state index contributed by atoms with van der Waals surface area (Å²) in [6, 6.07) is 5.67. The minimum Gasteiger partial charge on any atom is -0.388 e. The van der Waals surface area contributed by atoms with Crippen molar-refractivity contribution in [2.45, 2.75) is 26.7 Å². The number of sulfonamides is 1. The smallest absolute Gasteiger partial charge is 0.234 e. The van der Waals surface area contributed by atoms with E-state index in [2.05, 4.69) is 5.32 Å². The van der Waals surface area contributed by atoms with Gasteiger partial charge in [-0.25, -0.2) is 8.42 Å². The van der Waals surface area contributed by atoms with Crippen LogP contribution in [0, 0.1) is 6.92 Å². The van der Waals surface area contributed by atoms with Crippen LogP contribution >= 0.6 is 0 Å². The molecule has 18 heavy (non-hydrogen) atoms. The first-order valence-electron chi connectivity index (χ1n) is 6.17. The number of benzene rings is 1. The molecule has 102 valence electrons. The monoisotopic (exact) mass is 270 g/mol. The maximum atomic E-state index is 12.1. The second-order valence-corrected chi connectivity index (χ2v) is 6.51. The Labute approximate surface area is 110 Å². The van der Waals surface area contributed by atoms with Gasteiger partial charge in [0.15, 0.2) is 0 Å². The topological polar surface area (TPSA) is 49.4 Å². The molecule has 1 aromatic rings. The number of hydrogen-bond donors (Lipinski definition) is 1. The van der Waals surface area contributed by atoms with Crippen LogP contribution in [0.1, 0.15) is 25.3 Å². The van der Waals surface area contributed by atoms with Crippen molar-refractivity contribution in [3.05, 3.63) is 23.8 Å². The van der Waals surface area contributed by atoms with Crippen LogP contribution in [0.25, 0.3) is 0 Å². The highest BCUT2D eigenvalue weighted by molar-refractivity contribution is 7.92. The first kappa shape index (κ1) is 14.8. The maximum absolute atomic E-state index is 12.1. The number of nitrogens with zero attached hydrogens (tertiary/aromatic N) is 1. The van der Waals surface area contributed by atoms with Crippen molar-refractivity contribution in [3.8, 4) is 0 Å². The molecule has 0 atom stereocenters. The quantitative estimate of drug-likeness (QED) is 0.864. The van der Waals surface area contributed by atoms with Gasteiger partial charge in [0.1, 0.15) is 0 Å². The molecule has 4 nitrogen and oxygen atoms in total. The van der Waals surface area contributed by atoms with Crippen LogP contribution in [0.2, 0.25) is 0 Å². The van der Waals surface area contributed by atoms with Crippen molar-refractivity contribution in [1.82, 2.24) is 0 Å². The molecule has 0 spiro atoms. The number of anilines is 2. The molecular formula is C13H22N2O2S. The summed E-state index contributed by atoms with van der Waals surface area (Å²) in [6.07, 6.45) is 1.57. The SMILES string of the molecule is CCCCS(=O)(=O)N(C)c1ccc(NC)cc1C. The predicted octanol–water partition coefficient (Wildman–Crippen LogP) is 2.60. The van der Waals surface area contributed by atoms with E-state index in [1.165, 1.54) is 4.31 Å². The molecule has 0 bridgehead atoms. The molecule has 1 aromatic carbocycles. The van der Waals surface area contributed by atoms with Crippen LogP contribution in [-0.2, 0) is 10.0 Å². The summed E-state index contributed by atoms with van der Waals surface area (Å²) >= 11 is 0. The number of hydrogen-bond acceptors (Lipinski definition) is 3. The number of unbranched alkanes of at least 4 members (excludes halogenated alkanes) is 1. The summed E-state index contributed by atoms with van der Waals surface area (Å²) in [5.74, 6) is 0.202. The molecule has 0 amide bonds. The highest BCUT2D eigenvalue weighted by Gasteiger charge is 2.19. The van der Waals surface area contributed by atoms with Crippen molar-refractivity contribution in [3.63, 3.8) is 0 Å². The van der Waals surface area contributed by atoms with Crippen LogP contribution < -0.4 is 9.62 Å². The summed E-state index contributed by atoms with van der Waals surface area (Å²) in [4.78, 5) is 0. The van der Waals surface area contributed by atoms with Crippen molar-refractivity contribution in [2.24, 2.45) is 0 Å². The molecule has 0 saturated carbocycles. The van der Waals surface area contributed by atoms with Crippen molar-refractivity contribution >= 4 is 21.4 Å². The van der Waals surface area contributed by atoms with Gasteiger partial charge in [-0.05, 0) is 37.1 Å². The van der Waals surface area contributed by atoms with E-state index in [1.54, 1.807) is 7.05 Å². The number of rotatable bonds is 6. The fourth-order valence-electron chi connectivity index (χ4n) is 1.78. The van der Waals surface area contributed by atoms with Gasteiger partial charge in [-0.3, -0.25) is 4.31 Å². The summed E-state index contributed by atoms with van der Waals surface area (Å²) in [7, 11) is 0.256. The second kappa shape index (κ2) is 6.09. The van der Waals surface area contributed by atoms with Gasteiger partial charge in [-0.15, -0.1) is 0 Å². The van der Waals surface area contributed by atoms with Gasteiger partial charge >= 0.3 is 0 Å². The van der Waals surface area contributed by atoms with E-state index >= 15 is 0 Å². The first-order valence-corrected chi connectivity index (χ1v) is 7.78. The van der Waals surface area contributed by atoms with Gasteiger partial charge in [0.05, 0.1) is 11.4 Å². The molecule has 1 rings (SSSR count). The zero-order valence-electron chi connectivity index (χ0n) is 11.5. The van der Waals surface area contributed by atoms with Crippen LogP contribution in [0.3, 0.4) is 0 Å². The molecule has 0 heterocycles. The van der Waals surface area contributed by atoms with Gasteiger partial charge in [0.2, 0.25) is 10.0 Å². The first-order chi connectivity index (χ1) is 8.42. The molecule has 0 aromatic heterocycles. The van der Waals surface area contributed by atoms with Gasteiger partial charge in [-0.1, -0.05) is 13.3 Å². The molecule has 0 aliphatic rings. The Bertz CT molecular complexity index is 498. The van der Waals surface area contributed by atoms with Crippen molar-refractivity contribution in [2.75, 3.05) is 29.5 Å². The van der Waals surface area contributed by atoms with Crippen LogP contribution in [0.4, 0.5) is 11.4 Å².